The van der Waals surface area contributed by atoms with Gasteiger partial charge >= 0.3 is 0 Å². The molecule has 114 valence electrons. The van der Waals surface area contributed by atoms with Gasteiger partial charge in [-0.3, -0.25) is 4.79 Å². The quantitative estimate of drug-likeness (QED) is 0.873. The maximum atomic E-state index is 12.0. The highest BCUT2D eigenvalue weighted by molar-refractivity contribution is 7.90. The smallest absolute Gasteiger partial charge is 0.264 e. The molecule has 4 nitrogen and oxygen atoms in total. The van der Waals surface area contributed by atoms with Crippen LogP contribution in [0, 0.1) is 6.92 Å². The highest BCUT2D eigenvalue weighted by atomic mass is 35.5. The molecule has 1 amide bonds. The number of benzene rings is 2. The summed E-state index contributed by atoms with van der Waals surface area (Å²) in [5.74, 6) is -0.722. The zero-order valence-electron chi connectivity index (χ0n) is 11.8. The van der Waals surface area contributed by atoms with Crippen molar-refractivity contribution in [2.24, 2.45) is 0 Å². The van der Waals surface area contributed by atoms with E-state index < -0.39 is 15.9 Å². The summed E-state index contributed by atoms with van der Waals surface area (Å²) in [7, 11) is -3.87. The SMILES string of the molecule is Cc1ccc(S(=O)(=O)NC(=O)/C=C/c2cccc(Cl)c2)cc1. The van der Waals surface area contributed by atoms with Crippen molar-refractivity contribution in [3.05, 3.63) is 70.8 Å². The lowest BCUT2D eigenvalue weighted by Gasteiger charge is -2.05. The van der Waals surface area contributed by atoms with Crippen LogP contribution in [0.5, 0.6) is 0 Å². The van der Waals surface area contributed by atoms with Gasteiger partial charge in [-0.15, -0.1) is 0 Å². The number of rotatable bonds is 4. The maximum absolute atomic E-state index is 12.0. The van der Waals surface area contributed by atoms with Crippen molar-refractivity contribution in [1.82, 2.24) is 4.72 Å². The zero-order chi connectivity index (χ0) is 16.2. The third-order valence-corrected chi connectivity index (χ3v) is 4.44. The highest BCUT2D eigenvalue weighted by Gasteiger charge is 2.15. The first-order chi connectivity index (χ1) is 10.4. The number of sulfonamides is 1. The van der Waals surface area contributed by atoms with Gasteiger partial charge in [-0.05, 0) is 42.8 Å². The van der Waals surface area contributed by atoms with E-state index in [-0.39, 0.29) is 4.90 Å². The number of hydrogen-bond donors (Lipinski definition) is 1. The van der Waals surface area contributed by atoms with Crippen molar-refractivity contribution in [2.45, 2.75) is 11.8 Å². The minimum absolute atomic E-state index is 0.0441. The fraction of sp³-hybridized carbons (Fsp3) is 0.0625. The van der Waals surface area contributed by atoms with E-state index in [1.165, 1.54) is 18.2 Å². The van der Waals surface area contributed by atoms with Crippen LogP contribution in [0.4, 0.5) is 0 Å². The predicted molar refractivity (Wildman–Crippen MR) is 87.0 cm³/mol. The minimum Gasteiger partial charge on any atom is -0.269 e. The summed E-state index contributed by atoms with van der Waals surface area (Å²) in [5.41, 5.74) is 1.64. The first-order valence-corrected chi connectivity index (χ1v) is 8.30. The first kappa shape index (κ1) is 16.3. The van der Waals surface area contributed by atoms with Gasteiger partial charge in [-0.2, -0.15) is 0 Å². The minimum atomic E-state index is -3.87. The second-order valence-electron chi connectivity index (χ2n) is 4.67. The van der Waals surface area contributed by atoms with Crippen molar-refractivity contribution in [2.75, 3.05) is 0 Å². The fourth-order valence-corrected chi connectivity index (χ4v) is 2.87. The summed E-state index contributed by atoms with van der Waals surface area (Å²) >= 11 is 5.83. The largest absolute Gasteiger partial charge is 0.269 e. The molecule has 0 aliphatic carbocycles. The van der Waals surface area contributed by atoms with Gasteiger partial charge in [-0.1, -0.05) is 41.4 Å². The van der Waals surface area contributed by atoms with Gasteiger partial charge in [0.2, 0.25) is 0 Å². The molecule has 0 aliphatic heterocycles. The number of nitrogens with one attached hydrogen (secondary N) is 1. The summed E-state index contributed by atoms with van der Waals surface area (Å²) in [4.78, 5) is 11.8. The lowest BCUT2D eigenvalue weighted by Crippen LogP contribution is -2.28. The molecular formula is C16H14ClNO3S. The molecule has 0 bridgehead atoms. The number of halogens is 1. The molecule has 0 radical (unpaired) electrons. The molecule has 0 fully saturated rings. The fourth-order valence-electron chi connectivity index (χ4n) is 1.72. The maximum Gasteiger partial charge on any atom is 0.264 e. The van der Waals surface area contributed by atoms with Crippen LogP contribution in [-0.2, 0) is 14.8 Å². The number of amides is 1. The Morgan fingerprint density at radius 1 is 1.14 bits per heavy atom. The van der Waals surface area contributed by atoms with Gasteiger partial charge < -0.3 is 0 Å². The Kier molecular flexibility index (Phi) is 5.00. The van der Waals surface area contributed by atoms with Gasteiger partial charge in [-0.25, -0.2) is 13.1 Å². The topological polar surface area (TPSA) is 63.2 Å². The molecule has 0 saturated carbocycles. The van der Waals surface area contributed by atoms with Gasteiger partial charge in [0.15, 0.2) is 0 Å². The third kappa shape index (κ3) is 4.44. The lowest BCUT2D eigenvalue weighted by atomic mass is 10.2. The van der Waals surface area contributed by atoms with E-state index in [0.717, 1.165) is 11.6 Å². The Labute approximate surface area is 134 Å². The van der Waals surface area contributed by atoms with Crippen molar-refractivity contribution in [1.29, 1.82) is 0 Å². The monoisotopic (exact) mass is 335 g/mol. The normalized spacial score (nSPS) is 11.5. The summed E-state index contributed by atoms with van der Waals surface area (Å²) in [6.07, 6.45) is 2.64. The molecule has 22 heavy (non-hydrogen) atoms. The van der Waals surface area contributed by atoms with Crippen LogP contribution >= 0.6 is 11.6 Å². The van der Waals surface area contributed by atoms with Crippen molar-refractivity contribution >= 4 is 33.6 Å². The third-order valence-electron chi connectivity index (χ3n) is 2.84. The Morgan fingerprint density at radius 3 is 2.45 bits per heavy atom. The van der Waals surface area contributed by atoms with Crippen LogP contribution in [0.3, 0.4) is 0 Å². The Morgan fingerprint density at radius 2 is 1.82 bits per heavy atom. The molecule has 6 heteroatoms. The highest BCUT2D eigenvalue weighted by Crippen LogP contribution is 2.12. The second kappa shape index (κ2) is 6.77. The van der Waals surface area contributed by atoms with Gasteiger partial charge in [0.05, 0.1) is 4.90 Å². The molecule has 1 N–H and O–H groups in total. The molecule has 2 aromatic rings. The van der Waals surface area contributed by atoms with E-state index in [1.54, 1.807) is 36.4 Å². The standard InChI is InChI=1S/C16H14ClNO3S/c1-12-5-8-15(9-6-12)22(20,21)18-16(19)10-7-13-3-2-4-14(17)11-13/h2-11H,1H3,(H,18,19)/b10-7+. The molecule has 0 aliphatic rings. The molecule has 2 aromatic carbocycles. The lowest BCUT2D eigenvalue weighted by molar-refractivity contribution is -0.114. The van der Waals surface area contributed by atoms with E-state index in [9.17, 15) is 13.2 Å². The van der Waals surface area contributed by atoms with Crippen molar-refractivity contribution in [3.63, 3.8) is 0 Å². The molecule has 2 rings (SSSR count). The van der Waals surface area contributed by atoms with Crippen molar-refractivity contribution < 1.29 is 13.2 Å². The molecular weight excluding hydrogens is 322 g/mol. The number of aryl methyl sites for hydroxylation is 1. The first-order valence-electron chi connectivity index (χ1n) is 6.44. The summed E-state index contributed by atoms with van der Waals surface area (Å²) < 4.78 is 26.1. The molecule has 0 atom stereocenters. The van der Waals surface area contributed by atoms with E-state index in [1.807, 2.05) is 11.6 Å². The Balaban J connectivity index is 2.09. The summed E-state index contributed by atoms with van der Waals surface area (Å²) in [6.45, 7) is 1.85. The number of hydrogen-bond acceptors (Lipinski definition) is 3. The molecule has 0 aromatic heterocycles. The second-order valence-corrected chi connectivity index (χ2v) is 6.79. The van der Waals surface area contributed by atoms with E-state index in [2.05, 4.69) is 0 Å². The predicted octanol–water partition coefficient (Wildman–Crippen LogP) is 3.17. The van der Waals surface area contributed by atoms with E-state index in [0.29, 0.717) is 10.6 Å². The molecule has 0 spiro atoms. The van der Waals surface area contributed by atoms with Crippen LogP contribution in [-0.4, -0.2) is 14.3 Å². The van der Waals surface area contributed by atoms with E-state index in [4.69, 9.17) is 11.6 Å². The van der Waals surface area contributed by atoms with Crippen LogP contribution < -0.4 is 4.72 Å². The van der Waals surface area contributed by atoms with Crippen molar-refractivity contribution in [3.8, 4) is 0 Å². The van der Waals surface area contributed by atoms with Crippen LogP contribution in [0.2, 0.25) is 5.02 Å². The van der Waals surface area contributed by atoms with Gasteiger partial charge in [0.25, 0.3) is 15.9 Å². The molecule has 0 heterocycles. The summed E-state index contributed by atoms with van der Waals surface area (Å²) in [5, 5.41) is 0.537. The molecule has 0 unspecified atom stereocenters. The number of carbonyl (C=O) groups excluding carboxylic acids is 1. The van der Waals surface area contributed by atoms with Crippen LogP contribution in [0.25, 0.3) is 6.08 Å². The molecule has 0 saturated heterocycles. The van der Waals surface area contributed by atoms with Gasteiger partial charge in [0.1, 0.15) is 0 Å². The Bertz CT molecular complexity index is 812. The van der Waals surface area contributed by atoms with Crippen LogP contribution in [0.15, 0.2) is 59.5 Å². The summed E-state index contributed by atoms with van der Waals surface area (Å²) in [6, 6.07) is 13.1. The van der Waals surface area contributed by atoms with E-state index >= 15 is 0 Å². The average Bonchev–Trinajstić information content (AvgIpc) is 2.45. The zero-order valence-corrected chi connectivity index (χ0v) is 13.4. The average molecular weight is 336 g/mol. The van der Waals surface area contributed by atoms with Gasteiger partial charge in [0, 0.05) is 11.1 Å². The Hall–Kier alpha value is -2.11. The van der Waals surface area contributed by atoms with Crippen LogP contribution in [0.1, 0.15) is 11.1 Å². The number of carbonyl (C=O) groups is 1.